The molecule has 8 nitrogen and oxygen atoms in total. The average molecular weight is 516 g/mol. The Bertz CT molecular complexity index is 1220. The summed E-state index contributed by atoms with van der Waals surface area (Å²) in [5.41, 5.74) is 5.02. The first-order valence-electron chi connectivity index (χ1n) is 10.3. The van der Waals surface area contributed by atoms with Crippen molar-refractivity contribution < 1.29 is 23.8 Å². The lowest BCUT2D eigenvalue weighted by molar-refractivity contribution is -0.118. The molecular formula is C25H23Cl2N3O5. The second kappa shape index (κ2) is 12.1. The van der Waals surface area contributed by atoms with Crippen molar-refractivity contribution >= 4 is 46.9 Å². The fourth-order valence-electron chi connectivity index (χ4n) is 2.97. The molecule has 0 aliphatic carbocycles. The first-order chi connectivity index (χ1) is 16.8. The van der Waals surface area contributed by atoms with Gasteiger partial charge in [-0.15, -0.1) is 0 Å². The number of ether oxygens (including phenoxy) is 3. The molecule has 0 radical (unpaired) electrons. The maximum Gasteiger partial charge on any atom is 0.271 e. The first-order valence-corrected chi connectivity index (χ1v) is 11.1. The van der Waals surface area contributed by atoms with Crippen LogP contribution in [0, 0.1) is 6.92 Å². The molecule has 0 fully saturated rings. The molecule has 0 saturated heterocycles. The molecule has 0 heterocycles. The van der Waals surface area contributed by atoms with Crippen LogP contribution in [0.25, 0.3) is 0 Å². The lowest BCUT2D eigenvalue weighted by Crippen LogP contribution is -2.20. The van der Waals surface area contributed by atoms with Gasteiger partial charge in [-0.1, -0.05) is 40.9 Å². The number of carbonyl (C=O) groups is 2. The highest BCUT2D eigenvalue weighted by molar-refractivity contribution is 6.37. The minimum Gasteiger partial charge on any atom is -0.493 e. The van der Waals surface area contributed by atoms with E-state index in [0.717, 1.165) is 5.56 Å². The Morgan fingerprint density at radius 2 is 1.60 bits per heavy atom. The van der Waals surface area contributed by atoms with Crippen molar-refractivity contribution in [2.75, 3.05) is 26.1 Å². The molecule has 0 aliphatic rings. The van der Waals surface area contributed by atoms with Gasteiger partial charge < -0.3 is 19.5 Å². The van der Waals surface area contributed by atoms with E-state index >= 15 is 0 Å². The number of halogens is 2. The number of hydrazone groups is 1. The number of nitrogens with one attached hydrogen (secondary N) is 2. The third kappa shape index (κ3) is 7.11. The van der Waals surface area contributed by atoms with Crippen molar-refractivity contribution in [1.29, 1.82) is 0 Å². The number of methoxy groups -OCH3 is 2. The molecule has 0 saturated carbocycles. The number of hydrogen-bond donors (Lipinski definition) is 2. The minimum absolute atomic E-state index is 0.166. The molecule has 0 aliphatic heterocycles. The van der Waals surface area contributed by atoms with Crippen LogP contribution in [0.15, 0.2) is 59.7 Å². The zero-order valence-electron chi connectivity index (χ0n) is 19.2. The van der Waals surface area contributed by atoms with E-state index < -0.39 is 5.91 Å². The van der Waals surface area contributed by atoms with E-state index in [1.54, 1.807) is 42.5 Å². The van der Waals surface area contributed by atoms with E-state index in [4.69, 9.17) is 37.4 Å². The van der Waals surface area contributed by atoms with Crippen LogP contribution in [0.5, 0.6) is 17.2 Å². The third-order valence-corrected chi connectivity index (χ3v) is 5.29. The average Bonchev–Trinajstić information content (AvgIpc) is 2.84. The Morgan fingerprint density at radius 1 is 0.943 bits per heavy atom. The van der Waals surface area contributed by atoms with Crippen LogP contribution in [0.2, 0.25) is 10.0 Å². The number of benzene rings is 3. The third-order valence-electron chi connectivity index (χ3n) is 4.73. The second-order valence-electron chi connectivity index (χ2n) is 7.29. The van der Waals surface area contributed by atoms with Crippen LogP contribution in [0.3, 0.4) is 0 Å². The number of anilines is 1. The number of aryl methyl sites for hydroxylation is 1. The van der Waals surface area contributed by atoms with Crippen LogP contribution in [0.4, 0.5) is 5.69 Å². The largest absolute Gasteiger partial charge is 0.493 e. The molecule has 2 N–H and O–H groups in total. The van der Waals surface area contributed by atoms with Gasteiger partial charge in [0.1, 0.15) is 0 Å². The smallest absolute Gasteiger partial charge is 0.271 e. The van der Waals surface area contributed by atoms with E-state index in [1.807, 2.05) is 19.1 Å². The summed E-state index contributed by atoms with van der Waals surface area (Å²) in [7, 11) is 2.99. The van der Waals surface area contributed by atoms with Gasteiger partial charge in [0.15, 0.2) is 23.9 Å². The van der Waals surface area contributed by atoms with Crippen molar-refractivity contribution in [3.05, 3.63) is 81.3 Å². The predicted molar refractivity (Wildman–Crippen MR) is 136 cm³/mol. The topological polar surface area (TPSA) is 98.3 Å². The van der Waals surface area contributed by atoms with E-state index in [2.05, 4.69) is 15.8 Å². The van der Waals surface area contributed by atoms with E-state index in [1.165, 1.54) is 20.4 Å². The Morgan fingerprint density at radius 3 is 2.23 bits per heavy atom. The standard InChI is InChI=1S/C25H23Cl2N3O5/c1-15-4-7-18(8-5-15)29-23(31)14-35-24-19(26)10-16(11-20(24)27)13-28-30-25(32)17-6-9-21(33-2)22(12-17)34-3/h4-13H,14H2,1-3H3,(H,29,31)(H,30,32)/b28-13+. The minimum atomic E-state index is -0.445. The summed E-state index contributed by atoms with van der Waals surface area (Å²) in [6.45, 7) is 1.68. The Labute approximate surface area is 212 Å². The molecule has 35 heavy (non-hydrogen) atoms. The van der Waals surface area contributed by atoms with Crippen molar-refractivity contribution in [3.63, 3.8) is 0 Å². The summed E-state index contributed by atoms with van der Waals surface area (Å²) >= 11 is 12.6. The molecule has 0 unspecified atom stereocenters. The monoisotopic (exact) mass is 515 g/mol. The molecular weight excluding hydrogens is 493 g/mol. The van der Waals surface area contributed by atoms with Crippen LogP contribution in [-0.2, 0) is 4.79 Å². The summed E-state index contributed by atoms with van der Waals surface area (Å²) in [6, 6.07) is 15.2. The Kier molecular flexibility index (Phi) is 8.94. The molecule has 0 atom stereocenters. The van der Waals surface area contributed by atoms with Gasteiger partial charge in [-0.2, -0.15) is 5.10 Å². The van der Waals surface area contributed by atoms with Crippen LogP contribution in [0.1, 0.15) is 21.5 Å². The van der Waals surface area contributed by atoms with Gasteiger partial charge in [-0.3, -0.25) is 9.59 Å². The number of rotatable bonds is 9. The summed E-state index contributed by atoms with van der Waals surface area (Å²) < 4.78 is 15.9. The summed E-state index contributed by atoms with van der Waals surface area (Å²) in [4.78, 5) is 24.5. The van der Waals surface area contributed by atoms with Crippen molar-refractivity contribution in [2.24, 2.45) is 5.10 Å². The van der Waals surface area contributed by atoms with Gasteiger partial charge in [-0.05, 0) is 55.0 Å². The molecule has 3 rings (SSSR count). The fourth-order valence-corrected chi connectivity index (χ4v) is 3.58. The molecule has 182 valence electrons. The summed E-state index contributed by atoms with van der Waals surface area (Å²) in [6.07, 6.45) is 1.38. The molecule has 0 bridgehead atoms. The molecule has 3 aromatic carbocycles. The molecule has 0 spiro atoms. The number of nitrogens with zero attached hydrogens (tertiary/aromatic N) is 1. The zero-order chi connectivity index (χ0) is 25.4. The lowest BCUT2D eigenvalue weighted by atomic mass is 10.2. The van der Waals surface area contributed by atoms with E-state index in [-0.39, 0.29) is 28.3 Å². The predicted octanol–water partition coefficient (Wildman–Crippen LogP) is 5.10. The van der Waals surface area contributed by atoms with Crippen LogP contribution >= 0.6 is 23.2 Å². The number of carbonyl (C=O) groups excluding carboxylic acids is 2. The van der Waals surface area contributed by atoms with Gasteiger partial charge >= 0.3 is 0 Å². The van der Waals surface area contributed by atoms with Gasteiger partial charge in [0.2, 0.25) is 0 Å². The Balaban J connectivity index is 1.59. The number of hydrogen-bond acceptors (Lipinski definition) is 6. The highest BCUT2D eigenvalue weighted by atomic mass is 35.5. The SMILES string of the molecule is COc1ccc(C(=O)N/N=C/c2cc(Cl)c(OCC(=O)Nc3ccc(C)cc3)c(Cl)c2)cc1OC. The van der Waals surface area contributed by atoms with Crippen LogP contribution < -0.4 is 25.0 Å². The normalized spacial score (nSPS) is 10.7. The molecule has 10 heteroatoms. The van der Waals surface area contributed by atoms with Crippen LogP contribution in [-0.4, -0.2) is 38.9 Å². The molecule has 0 aromatic heterocycles. The maximum atomic E-state index is 12.4. The zero-order valence-corrected chi connectivity index (χ0v) is 20.7. The quantitative estimate of drug-likeness (QED) is 0.305. The van der Waals surface area contributed by atoms with Gasteiger partial charge in [0.05, 0.1) is 30.5 Å². The molecule has 2 amide bonds. The van der Waals surface area contributed by atoms with Gasteiger partial charge in [0, 0.05) is 11.3 Å². The first kappa shape index (κ1) is 25.9. The Hall–Kier alpha value is -3.75. The van der Waals surface area contributed by atoms with Gasteiger partial charge in [-0.25, -0.2) is 5.43 Å². The van der Waals surface area contributed by atoms with Crippen molar-refractivity contribution in [1.82, 2.24) is 5.43 Å². The fraction of sp³-hybridized carbons (Fsp3) is 0.160. The lowest BCUT2D eigenvalue weighted by Gasteiger charge is -2.11. The van der Waals surface area contributed by atoms with E-state index in [0.29, 0.717) is 28.3 Å². The number of amides is 2. The van der Waals surface area contributed by atoms with E-state index in [9.17, 15) is 9.59 Å². The van der Waals surface area contributed by atoms with Gasteiger partial charge in [0.25, 0.3) is 11.8 Å². The molecule has 3 aromatic rings. The summed E-state index contributed by atoms with van der Waals surface area (Å²) in [5, 5.41) is 7.04. The van der Waals surface area contributed by atoms with Crippen molar-refractivity contribution in [2.45, 2.75) is 6.92 Å². The highest BCUT2D eigenvalue weighted by Gasteiger charge is 2.13. The second-order valence-corrected chi connectivity index (χ2v) is 8.10. The van der Waals surface area contributed by atoms with Crippen molar-refractivity contribution in [3.8, 4) is 17.2 Å². The maximum absolute atomic E-state index is 12.4. The highest BCUT2D eigenvalue weighted by Crippen LogP contribution is 2.34. The summed E-state index contributed by atoms with van der Waals surface area (Å²) in [5.74, 6) is 0.292.